The monoisotopic (exact) mass is 727 g/mol. The van der Waals surface area contributed by atoms with E-state index >= 15 is 0 Å². The van der Waals surface area contributed by atoms with Crippen LogP contribution < -0.4 is 0 Å². The van der Waals surface area contributed by atoms with Crippen molar-refractivity contribution < 1.29 is 75.3 Å². The molecule has 0 aromatic carbocycles. The second-order valence-corrected chi connectivity index (χ2v) is 9.38. The fourth-order valence-electron chi connectivity index (χ4n) is 2.77. The van der Waals surface area contributed by atoms with Crippen molar-refractivity contribution >= 4 is 19.7 Å². The van der Waals surface area contributed by atoms with Gasteiger partial charge in [-0.05, 0) is 52.4 Å². The second-order valence-electron chi connectivity index (χ2n) is 9.38. The van der Waals surface area contributed by atoms with Crippen LogP contribution in [0.2, 0.25) is 0 Å². The van der Waals surface area contributed by atoms with Crippen molar-refractivity contribution in [3.63, 3.8) is 0 Å². The van der Waals surface area contributed by atoms with E-state index < -0.39 is 20.4 Å². The highest BCUT2D eigenvalue weighted by Crippen LogP contribution is 2.16. The summed E-state index contributed by atoms with van der Waals surface area (Å²) in [6, 6.07) is -0.0802. The number of hydrogen-bond donors (Lipinski definition) is 11. The van der Waals surface area contributed by atoms with Crippen LogP contribution in [0.4, 0.5) is 0 Å². The van der Waals surface area contributed by atoms with Gasteiger partial charge in [-0.15, -0.1) is 0 Å². The van der Waals surface area contributed by atoms with E-state index in [0.717, 1.165) is 83.6 Å². The number of hydrogen-bond acceptors (Lipinski definition) is 17. The predicted molar refractivity (Wildman–Crippen MR) is 190 cm³/mol. The van der Waals surface area contributed by atoms with E-state index in [1.807, 2.05) is 5.06 Å². The molecule has 2 aliphatic heterocycles. The van der Waals surface area contributed by atoms with Crippen LogP contribution in [0.15, 0.2) is 0 Å². The van der Waals surface area contributed by atoms with Gasteiger partial charge in [0.1, 0.15) is 19.4 Å². The molecule has 0 aliphatic carbocycles. The maximum atomic E-state index is 10.5. The first-order valence-electron chi connectivity index (χ1n) is 17.1. The molecular formula is C31H75BN2O15. The topological polar surface area (TPSA) is 282 Å². The number of aliphatic hydroxyl groups excluding tert-OH is 8. The molecule has 11 N–H and O–H groups in total. The lowest BCUT2D eigenvalue weighted by Gasteiger charge is -2.18. The van der Waals surface area contributed by atoms with Crippen molar-refractivity contribution in [3.8, 4) is 0 Å². The molecule has 2 aliphatic rings. The van der Waals surface area contributed by atoms with Crippen LogP contribution in [-0.2, 0) is 19.3 Å². The Balaban J connectivity index is -0.0000000870. The number of rotatable bonds is 13. The van der Waals surface area contributed by atoms with Crippen LogP contribution in [0.25, 0.3) is 0 Å². The van der Waals surface area contributed by atoms with Crippen LogP contribution in [0, 0.1) is 0 Å². The quantitative estimate of drug-likeness (QED) is 0.0472. The first kappa shape index (κ1) is 62.9. The van der Waals surface area contributed by atoms with Crippen LogP contribution in [0.1, 0.15) is 99.3 Å². The summed E-state index contributed by atoms with van der Waals surface area (Å²) in [5.41, 5.74) is 0. The van der Waals surface area contributed by atoms with Crippen molar-refractivity contribution in [1.29, 1.82) is 0 Å². The maximum absolute atomic E-state index is 10.5. The van der Waals surface area contributed by atoms with E-state index in [0.29, 0.717) is 6.61 Å². The zero-order valence-corrected chi connectivity index (χ0v) is 31.2. The van der Waals surface area contributed by atoms with Gasteiger partial charge in [0.2, 0.25) is 0 Å². The third-order valence-electron chi connectivity index (χ3n) is 4.69. The van der Waals surface area contributed by atoms with Gasteiger partial charge in [-0.2, -0.15) is 10.1 Å². The van der Waals surface area contributed by atoms with E-state index in [4.69, 9.17) is 65.7 Å². The first-order chi connectivity index (χ1) is 23.5. The molecule has 49 heavy (non-hydrogen) atoms. The fourth-order valence-corrected chi connectivity index (χ4v) is 2.77. The lowest BCUT2D eigenvalue weighted by molar-refractivity contribution is -0.174. The Hall–Kier alpha value is -1.20. The Kier molecular flexibility index (Phi) is 83.7. The minimum Gasteiger partial charge on any atom is -0.426 e. The van der Waals surface area contributed by atoms with E-state index in [1.54, 1.807) is 18.9 Å². The van der Waals surface area contributed by atoms with Gasteiger partial charge in [-0.25, -0.2) is 0 Å². The number of nitrogens with zero attached hydrogens (tertiary/aromatic N) is 2. The van der Waals surface area contributed by atoms with Gasteiger partial charge in [0.05, 0.1) is 51.6 Å². The average Bonchev–Trinajstić information content (AvgIpc) is 3.76. The molecule has 2 rings (SSSR count). The number of carbonyl (C=O) groups excluding carboxylic acids is 2. The molecule has 0 aromatic heterocycles. The van der Waals surface area contributed by atoms with E-state index in [1.165, 1.54) is 6.42 Å². The highest BCUT2D eigenvalue weighted by atomic mass is 16.7. The van der Waals surface area contributed by atoms with Gasteiger partial charge in [-0.3, -0.25) is 9.68 Å². The predicted octanol–water partition coefficient (Wildman–Crippen LogP) is -0.962. The smallest absolute Gasteiger partial charge is 0.426 e. The summed E-state index contributed by atoms with van der Waals surface area (Å²) in [5.74, 6) is 0. The normalized spacial score (nSPS) is 15.5. The molecule has 2 fully saturated rings. The minimum atomic E-state index is -1.56. The number of hydroxylamine groups is 4. The molecule has 0 saturated carbocycles. The van der Waals surface area contributed by atoms with Crippen molar-refractivity contribution in [1.82, 2.24) is 10.1 Å². The standard InChI is InChI=1S/C9H17NO2.C7H13NO3.C4H10O.C3H8.C2H6O2.2C2H6O.CH5BO3.CH4O2/c1-2-3-7-12-10-6-4-5-9(10)8-11;9-4-5-11-8-3-1-2-7(8)6-10;1-2-3-4-5;1-3-2;3-1-2-4;2*1-2-3;3-1-2(4)5;2-1-3/h8-9H,2-7H2,1H3;6-7,9H,1-5H2;5H,2-4H2,1H3;3H2,1-2H3;3-4H,1-2H2;2*3H,2H2,1H3;3-5H,1H2;2-3H,1H2/t9-;7-;;;;;;;/m00......./s1. The molecule has 0 spiro atoms. The van der Waals surface area contributed by atoms with Gasteiger partial charge in [-0.1, -0.05) is 47.0 Å². The van der Waals surface area contributed by atoms with Crippen LogP contribution >= 0.6 is 0 Å². The molecule has 0 bridgehead atoms. The van der Waals surface area contributed by atoms with Crippen molar-refractivity contribution in [3.05, 3.63) is 0 Å². The number of aliphatic hydroxyl groups is 9. The number of aldehydes is 2. The summed E-state index contributed by atoms with van der Waals surface area (Å²) in [5, 5.41) is 87.6. The third-order valence-corrected chi connectivity index (χ3v) is 4.69. The van der Waals surface area contributed by atoms with Crippen molar-refractivity contribution in [2.24, 2.45) is 0 Å². The summed E-state index contributed by atoms with van der Waals surface area (Å²) < 4.78 is 0. The molecule has 2 atom stereocenters. The zero-order valence-electron chi connectivity index (χ0n) is 31.2. The average molecular weight is 727 g/mol. The maximum Gasteiger partial charge on any atom is 0.478 e. The van der Waals surface area contributed by atoms with E-state index in [2.05, 4.69) is 27.7 Å². The molecule has 0 amide bonds. The Morgan fingerprint density at radius 3 is 1.14 bits per heavy atom. The largest absolute Gasteiger partial charge is 0.478 e. The molecule has 18 heteroatoms. The summed E-state index contributed by atoms with van der Waals surface area (Å²) in [6.07, 6.45) is 11.3. The minimum absolute atomic E-state index is 0.00206. The first-order valence-corrected chi connectivity index (χ1v) is 17.1. The molecule has 2 heterocycles. The SMILES string of the molecule is CCC.CCCCO.CCCCON1CCC[C@H]1C=O.CCO.CCO.O=C[C@@H]1CCCN1OCCO.OCB(O)O.OCCO.OCO. The number of unbranched alkanes of at least 4 members (excludes halogenated alkanes) is 2. The lowest BCUT2D eigenvalue weighted by atomic mass is 9.95. The summed E-state index contributed by atoms with van der Waals surface area (Å²) in [6.45, 7) is 13.8. The molecule has 2 saturated heterocycles. The second kappa shape index (κ2) is 65.2. The Morgan fingerprint density at radius 1 is 0.612 bits per heavy atom. The molecule has 17 nitrogen and oxygen atoms in total. The van der Waals surface area contributed by atoms with Gasteiger partial charge < -0.3 is 65.6 Å². The molecular weight excluding hydrogens is 651 g/mol. The van der Waals surface area contributed by atoms with E-state index in [9.17, 15) is 9.59 Å². The summed E-state index contributed by atoms with van der Waals surface area (Å²) in [4.78, 5) is 31.5. The van der Waals surface area contributed by atoms with Crippen LogP contribution in [-0.4, -0.2) is 177 Å². The van der Waals surface area contributed by atoms with Crippen molar-refractivity contribution in [2.75, 3.05) is 79.2 Å². The fraction of sp³-hybridized carbons (Fsp3) is 0.935. The molecule has 0 unspecified atom stereocenters. The highest BCUT2D eigenvalue weighted by molar-refractivity contribution is 6.40. The Bertz CT molecular complexity index is 523. The molecule has 0 radical (unpaired) electrons. The van der Waals surface area contributed by atoms with Crippen molar-refractivity contribution in [2.45, 2.75) is 111 Å². The summed E-state index contributed by atoms with van der Waals surface area (Å²) >= 11 is 0. The molecule has 0 aromatic rings. The lowest BCUT2D eigenvalue weighted by Crippen LogP contribution is -2.31. The molecule has 302 valence electrons. The third kappa shape index (κ3) is 69.4. The van der Waals surface area contributed by atoms with Gasteiger partial charge in [0.25, 0.3) is 0 Å². The highest BCUT2D eigenvalue weighted by Gasteiger charge is 2.25. The van der Waals surface area contributed by atoms with Gasteiger partial charge in [0, 0.05) is 32.9 Å². The van der Waals surface area contributed by atoms with Crippen LogP contribution in [0.5, 0.6) is 0 Å². The Labute approximate surface area is 295 Å². The van der Waals surface area contributed by atoms with E-state index in [-0.39, 0.29) is 51.7 Å². The summed E-state index contributed by atoms with van der Waals surface area (Å²) in [7, 11) is -1.56. The Morgan fingerprint density at radius 2 is 0.939 bits per heavy atom. The van der Waals surface area contributed by atoms with Gasteiger partial charge >= 0.3 is 7.12 Å². The van der Waals surface area contributed by atoms with Gasteiger partial charge in [0.15, 0.2) is 0 Å². The zero-order chi connectivity index (χ0) is 39.6. The van der Waals surface area contributed by atoms with Crippen LogP contribution in [0.3, 0.4) is 0 Å². The number of carbonyl (C=O) groups is 2.